The van der Waals surface area contributed by atoms with Gasteiger partial charge in [-0.25, -0.2) is 4.79 Å². The highest BCUT2D eigenvalue weighted by Gasteiger charge is 2.43. The number of rotatable bonds is 3. The van der Waals surface area contributed by atoms with Crippen LogP contribution in [-0.2, 0) is 17.8 Å². The number of urea groups is 1. The largest absolute Gasteiger partial charge is 0.573 e. The molecule has 0 unspecified atom stereocenters. The van der Waals surface area contributed by atoms with Crippen LogP contribution in [0.25, 0.3) is 6.08 Å². The van der Waals surface area contributed by atoms with Gasteiger partial charge in [0.25, 0.3) is 0 Å². The second kappa shape index (κ2) is 8.65. The molecule has 0 spiro atoms. The number of carbonyl (C=O) groups excluding carboxylic acids is 2. The molecule has 1 aromatic heterocycles. The molecular formula is C22H23F3N6O3. The van der Waals surface area contributed by atoms with Crippen molar-refractivity contribution < 1.29 is 27.5 Å². The zero-order valence-corrected chi connectivity index (χ0v) is 18.2. The van der Waals surface area contributed by atoms with Crippen molar-refractivity contribution >= 4 is 18.0 Å². The van der Waals surface area contributed by atoms with Crippen molar-refractivity contribution in [1.29, 1.82) is 0 Å². The molecular weight excluding hydrogens is 453 g/mol. The Kier molecular flexibility index (Phi) is 5.66. The molecule has 2 aromatic rings. The minimum atomic E-state index is -4.74. The topological polar surface area (TPSA) is 94.7 Å². The average molecular weight is 476 g/mol. The number of alkyl halides is 3. The molecule has 2 atom stereocenters. The fourth-order valence-electron chi connectivity index (χ4n) is 4.85. The van der Waals surface area contributed by atoms with Crippen LogP contribution in [0.2, 0.25) is 0 Å². The van der Waals surface area contributed by atoms with E-state index in [1.807, 2.05) is 4.90 Å². The summed E-state index contributed by atoms with van der Waals surface area (Å²) in [7, 11) is 0. The van der Waals surface area contributed by atoms with Gasteiger partial charge in [-0.1, -0.05) is 12.1 Å². The summed E-state index contributed by atoms with van der Waals surface area (Å²) in [5.41, 5.74) is 2.32. The average Bonchev–Trinajstić information content (AvgIpc) is 3.51. The van der Waals surface area contributed by atoms with Crippen molar-refractivity contribution in [1.82, 2.24) is 30.1 Å². The molecule has 2 fully saturated rings. The van der Waals surface area contributed by atoms with Gasteiger partial charge in [0.15, 0.2) is 0 Å². The summed E-state index contributed by atoms with van der Waals surface area (Å²) >= 11 is 0. The second-order valence-electron chi connectivity index (χ2n) is 8.79. The van der Waals surface area contributed by atoms with Gasteiger partial charge in [-0.05, 0) is 23.8 Å². The Morgan fingerprint density at radius 2 is 1.62 bits per heavy atom. The van der Waals surface area contributed by atoms with Crippen LogP contribution in [0.4, 0.5) is 18.0 Å². The molecule has 1 aromatic carbocycles. The van der Waals surface area contributed by atoms with Crippen LogP contribution in [0.5, 0.6) is 5.75 Å². The normalized spacial score (nSPS) is 22.3. The molecule has 3 aliphatic rings. The van der Waals surface area contributed by atoms with Crippen LogP contribution in [0.1, 0.15) is 17.0 Å². The van der Waals surface area contributed by atoms with E-state index in [0.29, 0.717) is 51.3 Å². The van der Waals surface area contributed by atoms with Gasteiger partial charge in [-0.2, -0.15) is 15.4 Å². The van der Waals surface area contributed by atoms with Gasteiger partial charge in [0, 0.05) is 57.1 Å². The maximum Gasteiger partial charge on any atom is 0.573 e. The summed E-state index contributed by atoms with van der Waals surface area (Å²) in [6.07, 6.45) is -1.06. The lowest BCUT2D eigenvalue weighted by atomic mass is 10.0. The predicted molar refractivity (Wildman–Crippen MR) is 113 cm³/mol. The van der Waals surface area contributed by atoms with Crippen molar-refractivity contribution in [2.45, 2.75) is 19.3 Å². The molecule has 34 heavy (non-hydrogen) atoms. The monoisotopic (exact) mass is 476 g/mol. The first-order valence-electron chi connectivity index (χ1n) is 11.0. The van der Waals surface area contributed by atoms with Crippen molar-refractivity contribution in [3.05, 3.63) is 47.3 Å². The van der Waals surface area contributed by atoms with Gasteiger partial charge in [0.2, 0.25) is 5.91 Å². The van der Waals surface area contributed by atoms with Gasteiger partial charge < -0.3 is 19.4 Å². The second-order valence-corrected chi connectivity index (χ2v) is 8.79. The number of halogens is 3. The van der Waals surface area contributed by atoms with Gasteiger partial charge in [-0.3, -0.25) is 4.79 Å². The quantitative estimate of drug-likeness (QED) is 0.686. The molecule has 1 N–H and O–H groups in total. The minimum Gasteiger partial charge on any atom is -0.406 e. The number of aromatic nitrogens is 3. The van der Waals surface area contributed by atoms with E-state index in [4.69, 9.17) is 0 Å². The number of H-pyrrole nitrogens is 1. The third-order valence-electron chi connectivity index (χ3n) is 6.53. The molecule has 0 bridgehead atoms. The van der Waals surface area contributed by atoms with Crippen LogP contribution in [0, 0.1) is 11.8 Å². The predicted octanol–water partition coefficient (Wildman–Crippen LogP) is 2.29. The molecule has 0 saturated carbocycles. The molecule has 9 nitrogen and oxygen atoms in total. The zero-order chi connectivity index (χ0) is 23.9. The van der Waals surface area contributed by atoms with E-state index in [1.165, 1.54) is 30.3 Å². The molecule has 2 saturated heterocycles. The minimum absolute atomic E-state index is 0.00114. The van der Waals surface area contributed by atoms with E-state index < -0.39 is 6.36 Å². The summed E-state index contributed by atoms with van der Waals surface area (Å²) in [4.78, 5) is 31.0. The fraction of sp³-hybridized carbons (Fsp3) is 0.455. The van der Waals surface area contributed by atoms with Gasteiger partial charge in [-0.15, -0.1) is 13.2 Å². The number of amides is 3. The Balaban J connectivity index is 1.12. The highest BCUT2D eigenvalue weighted by molar-refractivity contribution is 5.92. The Labute approximate surface area is 193 Å². The van der Waals surface area contributed by atoms with Gasteiger partial charge >= 0.3 is 12.4 Å². The number of nitrogens with one attached hydrogen (secondary N) is 1. The molecule has 180 valence electrons. The first kappa shape index (κ1) is 22.2. The van der Waals surface area contributed by atoms with Crippen molar-refractivity contribution in [3.8, 4) is 5.75 Å². The lowest BCUT2D eigenvalue weighted by molar-refractivity contribution is -0.274. The van der Waals surface area contributed by atoms with Gasteiger partial charge in [0.1, 0.15) is 11.4 Å². The van der Waals surface area contributed by atoms with E-state index in [9.17, 15) is 22.8 Å². The van der Waals surface area contributed by atoms with E-state index in [1.54, 1.807) is 15.9 Å². The molecule has 3 amide bonds. The third-order valence-corrected chi connectivity index (χ3v) is 6.53. The van der Waals surface area contributed by atoms with Crippen LogP contribution in [0.15, 0.2) is 30.3 Å². The Hall–Kier alpha value is -3.57. The van der Waals surface area contributed by atoms with Crippen LogP contribution >= 0.6 is 0 Å². The lowest BCUT2D eigenvalue weighted by Crippen LogP contribution is -2.45. The number of carbonyl (C=O) groups is 2. The summed E-state index contributed by atoms with van der Waals surface area (Å²) in [6.45, 7) is 3.44. The summed E-state index contributed by atoms with van der Waals surface area (Å²) < 4.78 is 40.6. The lowest BCUT2D eigenvalue weighted by Gasteiger charge is -2.30. The molecule has 0 radical (unpaired) electrons. The van der Waals surface area contributed by atoms with Crippen molar-refractivity contribution in [2.75, 3.05) is 32.7 Å². The number of hydrogen-bond acceptors (Lipinski definition) is 5. The van der Waals surface area contributed by atoms with E-state index in [-0.39, 0.29) is 29.5 Å². The van der Waals surface area contributed by atoms with Crippen LogP contribution < -0.4 is 4.74 Å². The number of likely N-dealkylation sites (tertiary alicyclic amines) is 2. The van der Waals surface area contributed by atoms with Gasteiger partial charge in [0.05, 0.1) is 12.2 Å². The fourth-order valence-corrected chi connectivity index (χ4v) is 4.85. The molecule has 4 heterocycles. The van der Waals surface area contributed by atoms with E-state index in [2.05, 4.69) is 20.1 Å². The summed E-state index contributed by atoms with van der Waals surface area (Å²) in [5.74, 6) is -0.00837. The number of nitrogens with zero attached hydrogens (tertiary/aromatic N) is 5. The smallest absolute Gasteiger partial charge is 0.406 e. The van der Waals surface area contributed by atoms with E-state index in [0.717, 1.165) is 11.4 Å². The third kappa shape index (κ3) is 4.70. The van der Waals surface area contributed by atoms with Crippen LogP contribution in [0.3, 0.4) is 0 Å². The maximum atomic E-state index is 13.0. The highest BCUT2D eigenvalue weighted by atomic mass is 19.4. The van der Waals surface area contributed by atoms with Crippen molar-refractivity contribution in [3.63, 3.8) is 0 Å². The Morgan fingerprint density at radius 3 is 2.29 bits per heavy atom. The number of ether oxygens (including phenoxy) is 1. The first-order valence-corrected chi connectivity index (χ1v) is 11.0. The standard InChI is InChI=1S/C22H23F3N6O3/c23-22(24,25)34-17-4-1-14(2-5-17)3-6-20(32)30-9-15-11-31(12-16(15)10-30)21(33)29-8-7-18-19(13-29)27-28-26-18/h1-6,15-16H,7-13H2,(H,26,27,28)/t15-,16-/m1/s1. The van der Waals surface area contributed by atoms with E-state index >= 15 is 0 Å². The number of hydrogen-bond donors (Lipinski definition) is 1. The number of fused-ring (bicyclic) bond motifs is 2. The number of aromatic amines is 1. The molecule has 3 aliphatic heterocycles. The molecule has 5 rings (SSSR count). The first-order chi connectivity index (χ1) is 16.2. The molecule has 0 aliphatic carbocycles. The zero-order valence-electron chi connectivity index (χ0n) is 18.2. The Bertz CT molecular complexity index is 1090. The van der Waals surface area contributed by atoms with Crippen molar-refractivity contribution in [2.24, 2.45) is 11.8 Å². The summed E-state index contributed by atoms with van der Waals surface area (Å²) in [6, 6.07) is 5.31. The van der Waals surface area contributed by atoms with Crippen LogP contribution in [-0.4, -0.2) is 81.1 Å². The molecule has 12 heteroatoms. The Morgan fingerprint density at radius 1 is 0.971 bits per heavy atom. The SMILES string of the molecule is O=C(C=Cc1ccc(OC(F)(F)F)cc1)N1C[C@@H]2CN(C(=O)N3CCc4n[nH]nc4C3)C[C@H]2C1. The summed E-state index contributed by atoms with van der Waals surface area (Å²) in [5, 5.41) is 10.8. The number of benzene rings is 1. The maximum absolute atomic E-state index is 13.0. The highest BCUT2D eigenvalue weighted by Crippen LogP contribution is 2.32.